The number of amides is 1. The largest absolute Gasteiger partial charge is 0.492 e. The molecule has 0 atom stereocenters. The minimum absolute atomic E-state index is 0.374. The van der Waals surface area contributed by atoms with Crippen LogP contribution < -0.4 is 10.1 Å². The number of ether oxygens (including phenoxy) is 2. The summed E-state index contributed by atoms with van der Waals surface area (Å²) in [4.78, 5) is 10.9. The lowest BCUT2D eigenvalue weighted by Crippen LogP contribution is -2.28. The molecule has 5 heteroatoms. The van der Waals surface area contributed by atoms with Gasteiger partial charge in [-0.05, 0) is 31.2 Å². The van der Waals surface area contributed by atoms with Gasteiger partial charge in [0.25, 0.3) is 0 Å². The SMILES string of the molecule is CCOC(=O)NCCOc1ccc(Br)cc1. The number of hydrogen-bond donors (Lipinski definition) is 1. The number of nitrogens with one attached hydrogen (secondary N) is 1. The van der Waals surface area contributed by atoms with E-state index in [2.05, 4.69) is 21.2 Å². The van der Waals surface area contributed by atoms with Gasteiger partial charge in [0, 0.05) is 4.47 Å². The minimum atomic E-state index is -0.415. The van der Waals surface area contributed by atoms with Crippen molar-refractivity contribution in [2.75, 3.05) is 19.8 Å². The van der Waals surface area contributed by atoms with Crippen molar-refractivity contribution in [3.05, 3.63) is 28.7 Å². The van der Waals surface area contributed by atoms with Crippen LogP contribution in [0.4, 0.5) is 4.79 Å². The van der Waals surface area contributed by atoms with Gasteiger partial charge in [-0.2, -0.15) is 0 Å². The molecule has 0 saturated heterocycles. The number of hydrogen-bond acceptors (Lipinski definition) is 3. The standard InChI is InChI=1S/C11H14BrNO3/c1-2-15-11(14)13-7-8-16-10-5-3-9(12)4-6-10/h3-6H,2,7-8H2,1H3,(H,13,14). The molecule has 0 radical (unpaired) electrons. The highest BCUT2D eigenvalue weighted by atomic mass is 79.9. The number of carbonyl (C=O) groups excluding carboxylic acids is 1. The van der Waals surface area contributed by atoms with E-state index in [1.165, 1.54) is 0 Å². The molecular weight excluding hydrogens is 274 g/mol. The van der Waals surface area contributed by atoms with Crippen molar-refractivity contribution in [3.8, 4) is 5.75 Å². The molecule has 4 nitrogen and oxygen atoms in total. The smallest absolute Gasteiger partial charge is 0.407 e. The summed E-state index contributed by atoms with van der Waals surface area (Å²) in [6, 6.07) is 7.51. The van der Waals surface area contributed by atoms with Crippen molar-refractivity contribution in [2.45, 2.75) is 6.92 Å². The fourth-order valence-corrected chi connectivity index (χ4v) is 1.30. The first-order chi connectivity index (χ1) is 7.72. The van der Waals surface area contributed by atoms with Crippen molar-refractivity contribution >= 4 is 22.0 Å². The Morgan fingerprint density at radius 3 is 2.69 bits per heavy atom. The van der Waals surface area contributed by atoms with Crippen molar-refractivity contribution in [2.24, 2.45) is 0 Å². The Morgan fingerprint density at radius 2 is 2.06 bits per heavy atom. The van der Waals surface area contributed by atoms with Gasteiger partial charge in [-0.25, -0.2) is 4.79 Å². The van der Waals surface area contributed by atoms with Crippen molar-refractivity contribution < 1.29 is 14.3 Å². The Morgan fingerprint density at radius 1 is 1.38 bits per heavy atom. The first kappa shape index (κ1) is 12.8. The maximum atomic E-state index is 10.9. The molecule has 1 aromatic rings. The second-order valence-corrected chi connectivity index (χ2v) is 3.87. The summed E-state index contributed by atoms with van der Waals surface area (Å²) in [5.41, 5.74) is 0. The van der Waals surface area contributed by atoms with Crippen LogP contribution in [0, 0.1) is 0 Å². The molecule has 88 valence electrons. The Kier molecular flexibility index (Phi) is 5.71. The molecule has 0 aromatic heterocycles. The van der Waals surface area contributed by atoms with Gasteiger partial charge >= 0.3 is 6.09 Å². The molecule has 1 amide bonds. The first-order valence-corrected chi connectivity index (χ1v) is 5.80. The third-order valence-electron chi connectivity index (χ3n) is 1.73. The van der Waals surface area contributed by atoms with Gasteiger partial charge in [0.1, 0.15) is 12.4 Å². The van der Waals surface area contributed by atoms with E-state index < -0.39 is 6.09 Å². The lowest BCUT2D eigenvalue weighted by atomic mass is 10.3. The normalized spacial score (nSPS) is 9.62. The molecule has 1 N–H and O–H groups in total. The number of benzene rings is 1. The summed E-state index contributed by atoms with van der Waals surface area (Å²) >= 11 is 3.33. The van der Waals surface area contributed by atoms with Crippen LogP contribution in [0.15, 0.2) is 28.7 Å². The van der Waals surface area contributed by atoms with Crippen molar-refractivity contribution in [3.63, 3.8) is 0 Å². The summed E-state index contributed by atoms with van der Waals surface area (Å²) in [5, 5.41) is 2.57. The van der Waals surface area contributed by atoms with E-state index >= 15 is 0 Å². The van der Waals surface area contributed by atoms with Gasteiger partial charge in [0.2, 0.25) is 0 Å². The number of halogens is 1. The monoisotopic (exact) mass is 287 g/mol. The second-order valence-electron chi connectivity index (χ2n) is 2.95. The van der Waals surface area contributed by atoms with Crippen molar-refractivity contribution in [1.29, 1.82) is 0 Å². The van der Waals surface area contributed by atoms with Crippen LogP contribution in [-0.2, 0) is 4.74 Å². The van der Waals surface area contributed by atoms with E-state index in [9.17, 15) is 4.79 Å². The average Bonchev–Trinajstić information content (AvgIpc) is 2.27. The van der Waals surface area contributed by atoms with E-state index in [1.807, 2.05) is 24.3 Å². The zero-order chi connectivity index (χ0) is 11.8. The molecule has 0 aliphatic carbocycles. The Balaban J connectivity index is 2.16. The summed E-state index contributed by atoms with van der Waals surface area (Å²) < 4.78 is 11.1. The fourth-order valence-electron chi connectivity index (χ4n) is 1.03. The molecule has 0 aliphatic rings. The molecule has 0 spiro atoms. The molecule has 0 aliphatic heterocycles. The summed E-state index contributed by atoms with van der Waals surface area (Å²) in [5.74, 6) is 0.772. The van der Waals surface area contributed by atoms with Gasteiger partial charge < -0.3 is 14.8 Å². The molecule has 1 rings (SSSR count). The Labute approximate surface area is 103 Å². The minimum Gasteiger partial charge on any atom is -0.492 e. The van der Waals surface area contributed by atoms with Crippen molar-refractivity contribution in [1.82, 2.24) is 5.32 Å². The van der Waals surface area contributed by atoms with Crippen LogP contribution in [0.25, 0.3) is 0 Å². The summed E-state index contributed by atoms with van der Waals surface area (Å²) in [6.45, 7) is 2.98. The van der Waals surface area contributed by atoms with Crippen LogP contribution in [0.2, 0.25) is 0 Å². The lowest BCUT2D eigenvalue weighted by Gasteiger charge is -2.07. The van der Waals surface area contributed by atoms with Crippen LogP contribution in [-0.4, -0.2) is 25.9 Å². The number of rotatable bonds is 5. The molecule has 0 heterocycles. The van der Waals surface area contributed by atoms with E-state index in [0.717, 1.165) is 10.2 Å². The number of carbonyl (C=O) groups is 1. The molecular formula is C11H14BrNO3. The highest BCUT2D eigenvalue weighted by molar-refractivity contribution is 9.10. The zero-order valence-corrected chi connectivity index (χ0v) is 10.6. The molecule has 0 unspecified atom stereocenters. The highest BCUT2D eigenvalue weighted by Gasteiger charge is 1.98. The third kappa shape index (κ3) is 5.02. The van der Waals surface area contributed by atoms with E-state index in [4.69, 9.17) is 9.47 Å². The van der Waals surface area contributed by atoms with Crippen LogP contribution in [0.5, 0.6) is 5.75 Å². The number of alkyl carbamates (subject to hydrolysis) is 1. The van der Waals surface area contributed by atoms with Gasteiger partial charge in [0.15, 0.2) is 0 Å². The second kappa shape index (κ2) is 7.11. The Bertz CT molecular complexity index is 327. The Hall–Kier alpha value is -1.23. The van der Waals surface area contributed by atoms with Gasteiger partial charge in [-0.15, -0.1) is 0 Å². The topological polar surface area (TPSA) is 47.6 Å². The van der Waals surface area contributed by atoms with Crippen LogP contribution in [0.3, 0.4) is 0 Å². The quantitative estimate of drug-likeness (QED) is 0.847. The van der Waals surface area contributed by atoms with E-state index in [1.54, 1.807) is 6.92 Å². The maximum absolute atomic E-state index is 10.9. The van der Waals surface area contributed by atoms with Crippen LogP contribution in [0.1, 0.15) is 6.92 Å². The molecule has 1 aromatic carbocycles. The predicted octanol–water partition coefficient (Wildman–Crippen LogP) is 2.57. The van der Waals surface area contributed by atoms with Gasteiger partial charge in [-0.3, -0.25) is 0 Å². The molecule has 0 saturated carbocycles. The summed E-state index contributed by atoms with van der Waals surface area (Å²) in [6.07, 6.45) is -0.415. The first-order valence-electron chi connectivity index (χ1n) is 5.01. The third-order valence-corrected chi connectivity index (χ3v) is 2.26. The fraction of sp³-hybridized carbons (Fsp3) is 0.364. The van der Waals surface area contributed by atoms with Gasteiger partial charge in [-0.1, -0.05) is 15.9 Å². The average molecular weight is 288 g/mol. The van der Waals surface area contributed by atoms with Gasteiger partial charge in [0.05, 0.1) is 13.2 Å². The van der Waals surface area contributed by atoms with Crippen LogP contribution >= 0.6 is 15.9 Å². The predicted molar refractivity (Wildman–Crippen MR) is 64.7 cm³/mol. The maximum Gasteiger partial charge on any atom is 0.407 e. The lowest BCUT2D eigenvalue weighted by molar-refractivity contribution is 0.150. The van der Waals surface area contributed by atoms with E-state index in [-0.39, 0.29) is 0 Å². The zero-order valence-electron chi connectivity index (χ0n) is 9.03. The molecule has 0 fully saturated rings. The van der Waals surface area contributed by atoms with E-state index in [0.29, 0.717) is 19.8 Å². The summed E-state index contributed by atoms with van der Waals surface area (Å²) in [7, 11) is 0. The molecule has 16 heavy (non-hydrogen) atoms. The molecule has 0 bridgehead atoms. The highest BCUT2D eigenvalue weighted by Crippen LogP contribution is 2.15.